The summed E-state index contributed by atoms with van der Waals surface area (Å²) in [5.41, 5.74) is 1.27. The predicted molar refractivity (Wildman–Crippen MR) is 90.5 cm³/mol. The lowest BCUT2D eigenvalue weighted by Crippen LogP contribution is -2.11. The number of methoxy groups -OCH3 is 1. The van der Waals surface area contributed by atoms with Crippen LogP contribution in [-0.2, 0) is 4.74 Å². The van der Waals surface area contributed by atoms with Crippen LogP contribution in [0.25, 0.3) is 0 Å². The second-order valence-electron chi connectivity index (χ2n) is 4.62. The minimum atomic E-state index is -0.357. The van der Waals surface area contributed by atoms with Crippen molar-refractivity contribution in [1.29, 1.82) is 0 Å². The number of halogens is 1. The lowest BCUT2D eigenvalue weighted by Gasteiger charge is -2.11. The van der Waals surface area contributed by atoms with Crippen LogP contribution in [0, 0.1) is 0 Å². The molecule has 0 amide bonds. The molecule has 0 radical (unpaired) electrons. The molecule has 0 aliphatic rings. The standard InChI is InChI=1S/C17H18BrNO3/c1-21-17(20)15-12-13(18)8-9-16(15)19-10-5-11-22-14-6-3-2-4-7-14/h2-4,6-9,12,19H,5,10-11H2,1H3. The molecule has 0 heterocycles. The number of hydrogen-bond donors (Lipinski definition) is 1. The van der Waals surface area contributed by atoms with Crippen molar-refractivity contribution in [2.45, 2.75) is 6.42 Å². The molecule has 2 rings (SSSR count). The fourth-order valence-electron chi connectivity index (χ4n) is 1.95. The van der Waals surface area contributed by atoms with Crippen molar-refractivity contribution in [3.05, 3.63) is 58.6 Å². The molecule has 2 aromatic rings. The molecule has 0 bridgehead atoms. The van der Waals surface area contributed by atoms with Gasteiger partial charge in [0, 0.05) is 16.7 Å². The van der Waals surface area contributed by atoms with Crippen molar-refractivity contribution in [2.24, 2.45) is 0 Å². The van der Waals surface area contributed by atoms with Crippen LogP contribution in [0.2, 0.25) is 0 Å². The Hall–Kier alpha value is -2.01. The third kappa shape index (κ3) is 4.77. The summed E-state index contributed by atoms with van der Waals surface area (Å²) in [5, 5.41) is 3.24. The number of rotatable bonds is 7. The Morgan fingerprint density at radius 1 is 1.18 bits per heavy atom. The summed E-state index contributed by atoms with van der Waals surface area (Å²) in [4.78, 5) is 11.8. The summed E-state index contributed by atoms with van der Waals surface area (Å²) >= 11 is 3.36. The van der Waals surface area contributed by atoms with Crippen molar-refractivity contribution in [3.8, 4) is 5.75 Å². The maximum absolute atomic E-state index is 11.8. The summed E-state index contributed by atoms with van der Waals surface area (Å²) in [6.07, 6.45) is 0.825. The second-order valence-corrected chi connectivity index (χ2v) is 5.54. The molecule has 5 heteroatoms. The van der Waals surface area contributed by atoms with E-state index < -0.39 is 0 Å². The zero-order valence-electron chi connectivity index (χ0n) is 12.3. The molecular weight excluding hydrogens is 346 g/mol. The molecule has 0 saturated heterocycles. The highest BCUT2D eigenvalue weighted by Crippen LogP contribution is 2.22. The summed E-state index contributed by atoms with van der Waals surface area (Å²) < 4.78 is 11.3. The number of para-hydroxylation sites is 1. The van der Waals surface area contributed by atoms with Crippen molar-refractivity contribution in [3.63, 3.8) is 0 Å². The monoisotopic (exact) mass is 363 g/mol. The summed E-state index contributed by atoms with van der Waals surface area (Å²) in [6.45, 7) is 1.32. The molecule has 4 nitrogen and oxygen atoms in total. The first-order valence-corrected chi connectivity index (χ1v) is 7.79. The lowest BCUT2D eigenvalue weighted by molar-refractivity contribution is 0.0601. The van der Waals surface area contributed by atoms with E-state index in [1.165, 1.54) is 7.11 Å². The van der Waals surface area contributed by atoms with E-state index in [0.29, 0.717) is 18.7 Å². The van der Waals surface area contributed by atoms with E-state index in [0.717, 1.165) is 22.3 Å². The van der Waals surface area contributed by atoms with Crippen LogP contribution >= 0.6 is 15.9 Å². The van der Waals surface area contributed by atoms with Gasteiger partial charge in [-0.3, -0.25) is 0 Å². The predicted octanol–water partition coefficient (Wildman–Crippen LogP) is 4.12. The zero-order chi connectivity index (χ0) is 15.8. The molecule has 0 aliphatic heterocycles. The normalized spacial score (nSPS) is 10.1. The molecule has 1 N–H and O–H groups in total. The Balaban J connectivity index is 1.83. The van der Waals surface area contributed by atoms with E-state index in [1.807, 2.05) is 42.5 Å². The maximum Gasteiger partial charge on any atom is 0.340 e. The van der Waals surface area contributed by atoms with E-state index in [1.54, 1.807) is 6.07 Å². The number of carbonyl (C=O) groups excluding carboxylic acids is 1. The molecule has 0 atom stereocenters. The molecular formula is C17H18BrNO3. The SMILES string of the molecule is COC(=O)c1cc(Br)ccc1NCCCOc1ccccc1. The number of benzene rings is 2. The average molecular weight is 364 g/mol. The number of carbonyl (C=O) groups is 1. The van der Waals surface area contributed by atoms with E-state index in [-0.39, 0.29) is 5.97 Å². The largest absolute Gasteiger partial charge is 0.494 e. The summed E-state index contributed by atoms with van der Waals surface area (Å²) in [5.74, 6) is 0.505. The average Bonchev–Trinajstić information content (AvgIpc) is 2.56. The van der Waals surface area contributed by atoms with Gasteiger partial charge in [0.15, 0.2) is 0 Å². The number of hydrogen-bond acceptors (Lipinski definition) is 4. The maximum atomic E-state index is 11.8. The van der Waals surface area contributed by atoms with Crippen LogP contribution in [-0.4, -0.2) is 26.2 Å². The van der Waals surface area contributed by atoms with Crippen molar-refractivity contribution < 1.29 is 14.3 Å². The van der Waals surface area contributed by atoms with Gasteiger partial charge >= 0.3 is 5.97 Å². The first-order valence-electron chi connectivity index (χ1n) is 7.00. The molecule has 0 saturated carbocycles. The first-order chi connectivity index (χ1) is 10.7. The fraction of sp³-hybridized carbons (Fsp3) is 0.235. The van der Waals surface area contributed by atoms with Crippen molar-refractivity contribution in [1.82, 2.24) is 0 Å². The van der Waals surface area contributed by atoms with Gasteiger partial charge in [-0.25, -0.2) is 4.79 Å². The van der Waals surface area contributed by atoms with Gasteiger partial charge in [-0.1, -0.05) is 34.1 Å². The topological polar surface area (TPSA) is 47.6 Å². The van der Waals surface area contributed by atoms with E-state index >= 15 is 0 Å². The van der Waals surface area contributed by atoms with Gasteiger partial charge in [-0.05, 0) is 36.8 Å². The Labute approximate surface area is 138 Å². The molecule has 0 unspecified atom stereocenters. The number of nitrogens with one attached hydrogen (secondary N) is 1. The van der Waals surface area contributed by atoms with Crippen LogP contribution in [0.3, 0.4) is 0 Å². The van der Waals surface area contributed by atoms with Gasteiger partial charge in [0.25, 0.3) is 0 Å². The molecule has 0 fully saturated rings. The van der Waals surface area contributed by atoms with E-state index in [4.69, 9.17) is 9.47 Å². The Morgan fingerprint density at radius 2 is 1.95 bits per heavy atom. The number of esters is 1. The van der Waals surface area contributed by atoms with Crippen LogP contribution in [0.5, 0.6) is 5.75 Å². The van der Waals surface area contributed by atoms with Crippen molar-refractivity contribution >= 4 is 27.6 Å². The second kappa shape index (κ2) is 8.44. The molecule has 116 valence electrons. The zero-order valence-corrected chi connectivity index (χ0v) is 13.9. The fourth-order valence-corrected chi connectivity index (χ4v) is 2.31. The highest BCUT2D eigenvalue weighted by molar-refractivity contribution is 9.10. The van der Waals surface area contributed by atoms with Crippen LogP contribution in [0.15, 0.2) is 53.0 Å². The smallest absolute Gasteiger partial charge is 0.340 e. The summed E-state index contributed by atoms with van der Waals surface area (Å²) in [6, 6.07) is 15.2. The summed E-state index contributed by atoms with van der Waals surface area (Å²) in [7, 11) is 1.38. The number of ether oxygens (including phenoxy) is 2. The third-order valence-electron chi connectivity index (χ3n) is 3.04. The molecule has 0 aliphatic carbocycles. The van der Waals surface area contributed by atoms with Gasteiger partial charge in [-0.2, -0.15) is 0 Å². The Morgan fingerprint density at radius 3 is 2.68 bits per heavy atom. The lowest BCUT2D eigenvalue weighted by atomic mass is 10.2. The van der Waals surface area contributed by atoms with E-state index in [9.17, 15) is 4.79 Å². The van der Waals surface area contributed by atoms with Crippen molar-refractivity contribution in [2.75, 3.05) is 25.6 Å². The van der Waals surface area contributed by atoms with Gasteiger partial charge in [0.1, 0.15) is 5.75 Å². The minimum Gasteiger partial charge on any atom is -0.494 e. The molecule has 2 aromatic carbocycles. The molecule has 0 spiro atoms. The Kier molecular flexibility index (Phi) is 6.27. The first kappa shape index (κ1) is 16.4. The quantitative estimate of drug-likeness (QED) is 0.593. The highest BCUT2D eigenvalue weighted by atomic mass is 79.9. The van der Waals surface area contributed by atoms with E-state index in [2.05, 4.69) is 21.2 Å². The van der Waals surface area contributed by atoms with Crippen LogP contribution in [0.4, 0.5) is 5.69 Å². The van der Waals surface area contributed by atoms with Crippen LogP contribution < -0.4 is 10.1 Å². The molecule has 22 heavy (non-hydrogen) atoms. The van der Waals surface area contributed by atoms with Gasteiger partial charge in [-0.15, -0.1) is 0 Å². The number of anilines is 1. The van der Waals surface area contributed by atoms with Gasteiger partial charge in [0.2, 0.25) is 0 Å². The van der Waals surface area contributed by atoms with Gasteiger partial charge in [0.05, 0.1) is 19.3 Å². The van der Waals surface area contributed by atoms with Gasteiger partial charge < -0.3 is 14.8 Å². The minimum absolute atomic E-state index is 0.357. The Bertz CT molecular complexity index is 617. The third-order valence-corrected chi connectivity index (χ3v) is 3.53. The highest BCUT2D eigenvalue weighted by Gasteiger charge is 2.11. The van der Waals surface area contributed by atoms with Crippen LogP contribution in [0.1, 0.15) is 16.8 Å². The molecule has 0 aromatic heterocycles.